The van der Waals surface area contributed by atoms with E-state index in [1.807, 2.05) is 19.1 Å². The highest BCUT2D eigenvalue weighted by Crippen LogP contribution is 2.31. The Kier molecular flexibility index (Phi) is 6.51. The Balaban J connectivity index is 2.42. The van der Waals surface area contributed by atoms with Crippen molar-refractivity contribution in [3.63, 3.8) is 0 Å². The summed E-state index contributed by atoms with van der Waals surface area (Å²) in [7, 11) is 0. The molecule has 0 aliphatic heterocycles. The van der Waals surface area contributed by atoms with Crippen LogP contribution < -0.4 is 10.1 Å². The summed E-state index contributed by atoms with van der Waals surface area (Å²) in [6, 6.07) is 14.9. The van der Waals surface area contributed by atoms with Gasteiger partial charge in [0.25, 0.3) is 0 Å². The van der Waals surface area contributed by atoms with Gasteiger partial charge in [-0.25, -0.2) is 0 Å². The van der Waals surface area contributed by atoms with Gasteiger partial charge in [0.15, 0.2) is 0 Å². The van der Waals surface area contributed by atoms with Gasteiger partial charge in [-0.2, -0.15) is 0 Å². The fourth-order valence-corrected chi connectivity index (χ4v) is 3.29. The monoisotopic (exact) mass is 459 g/mol. The minimum Gasteiger partial charge on any atom is -0.494 e. The predicted octanol–water partition coefficient (Wildman–Crippen LogP) is 5.15. The van der Waals surface area contributed by atoms with Crippen molar-refractivity contribution >= 4 is 38.5 Å². The van der Waals surface area contributed by atoms with Crippen LogP contribution in [-0.4, -0.2) is 13.2 Å². The number of halogens is 2. The molecule has 0 saturated carbocycles. The van der Waals surface area contributed by atoms with Crippen molar-refractivity contribution < 1.29 is 4.74 Å². The van der Waals surface area contributed by atoms with Gasteiger partial charge in [0, 0.05) is 8.04 Å². The second-order valence-corrected chi connectivity index (χ2v) is 6.76. The van der Waals surface area contributed by atoms with Gasteiger partial charge in [-0.3, -0.25) is 0 Å². The number of nitrogens with one attached hydrogen (secondary N) is 1. The highest BCUT2D eigenvalue weighted by atomic mass is 127. The molecule has 0 heterocycles. The van der Waals surface area contributed by atoms with E-state index < -0.39 is 0 Å². The Morgan fingerprint density at radius 3 is 2.71 bits per heavy atom. The quantitative estimate of drug-likeness (QED) is 0.603. The molecule has 2 nitrogen and oxygen atoms in total. The van der Waals surface area contributed by atoms with Crippen LogP contribution in [0.25, 0.3) is 0 Å². The second kappa shape index (κ2) is 8.15. The van der Waals surface area contributed by atoms with E-state index in [0.717, 1.165) is 16.8 Å². The first-order chi connectivity index (χ1) is 10.2. The molecule has 1 unspecified atom stereocenters. The summed E-state index contributed by atoms with van der Waals surface area (Å²) in [6.45, 7) is 5.72. The molecular weight excluding hydrogens is 441 g/mol. The summed E-state index contributed by atoms with van der Waals surface area (Å²) in [4.78, 5) is 0. The van der Waals surface area contributed by atoms with Crippen LogP contribution in [0.15, 0.2) is 46.9 Å². The molecule has 4 heteroatoms. The van der Waals surface area contributed by atoms with Crippen molar-refractivity contribution in [1.82, 2.24) is 5.32 Å². The van der Waals surface area contributed by atoms with Gasteiger partial charge >= 0.3 is 0 Å². The van der Waals surface area contributed by atoms with E-state index in [9.17, 15) is 0 Å². The molecule has 1 N–H and O–H groups in total. The van der Waals surface area contributed by atoms with Gasteiger partial charge in [-0.15, -0.1) is 0 Å². The molecule has 0 aliphatic rings. The van der Waals surface area contributed by atoms with Crippen LogP contribution in [0.3, 0.4) is 0 Å². The summed E-state index contributed by atoms with van der Waals surface area (Å²) in [5, 5.41) is 3.56. The molecule has 2 aromatic carbocycles. The maximum atomic E-state index is 5.62. The fraction of sp³-hybridized carbons (Fsp3) is 0.294. The van der Waals surface area contributed by atoms with Crippen LogP contribution in [0.5, 0.6) is 5.75 Å². The van der Waals surface area contributed by atoms with Crippen molar-refractivity contribution in [2.24, 2.45) is 0 Å². The van der Waals surface area contributed by atoms with Gasteiger partial charge in [-0.1, -0.05) is 35.0 Å². The van der Waals surface area contributed by atoms with Crippen LogP contribution in [0.4, 0.5) is 0 Å². The fourth-order valence-electron chi connectivity index (χ4n) is 2.30. The van der Waals surface area contributed by atoms with Gasteiger partial charge in [0.2, 0.25) is 0 Å². The summed E-state index contributed by atoms with van der Waals surface area (Å²) < 4.78 is 7.98. The summed E-state index contributed by atoms with van der Waals surface area (Å²) in [5.74, 6) is 0.916. The Morgan fingerprint density at radius 2 is 2.00 bits per heavy atom. The van der Waals surface area contributed by atoms with E-state index in [1.165, 1.54) is 14.7 Å². The molecule has 0 aromatic heterocycles. The largest absolute Gasteiger partial charge is 0.494 e. The van der Waals surface area contributed by atoms with Crippen molar-refractivity contribution in [3.05, 3.63) is 61.6 Å². The van der Waals surface area contributed by atoms with Gasteiger partial charge in [-0.05, 0) is 77.5 Å². The zero-order valence-electron chi connectivity index (χ0n) is 12.2. The SMILES string of the molecule is CCNC(c1cccc(OCC)c1)c1cc(I)ccc1Br. The van der Waals surface area contributed by atoms with E-state index in [1.54, 1.807) is 0 Å². The van der Waals surface area contributed by atoms with E-state index in [-0.39, 0.29) is 6.04 Å². The van der Waals surface area contributed by atoms with E-state index in [2.05, 4.69) is 81.1 Å². The van der Waals surface area contributed by atoms with E-state index in [0.29, 0.717) is 6.61 Å². The number of hydrogen-bond donors (Lipinski definition) is 1. The summed E-state index contributed by atoms with van der Waals surface area (Å²) >= 11 is 6.02. The minimum absolute atomic E-state index is 0.152. The van der Waals surface area contributed by atoms with E-state index in [4.69, 9.17) is 4.74 Å². The maximum Gasteiger partial charge on any atom is 0.119 e. The number of hydrogen-bond acceptors (Lipinski definition) is 2. The van der Waals surface area contributed by atoms with Crippen molar-refractivity contribution in [2.45, 2.75) is 19.9 Å². The highest BCUT2D eigenvalue weighted by molar-refractivity contribution is 14.1. The maximum absolute atomic E-state index is 5.62. The molecule has 0 bridgehead atoms. The van der Waals surface area contributed by atoms with Crippen LogP contribution in [0.2, 0.25) is 0 Å². The lowest BCUT2D eigenvalue weighted by atomic mass is 9.98. The Bertz CT molecular complexity index is 603. The van der Waals surface area contributed by atoms with Crippen LogP contribution in [0.1, 0.15) is 31.0 Å². The molecule has 0 amide bonds. The normalized spacial score (nSPS) is 12.2. The molecule has 112 valence electrons. The third-order valence-corrected chi connectivity index (χ3v) is 4.57. The number of rotatable bonds is 6. The molecule has 0 aliphatic carbocycles. The summed E-state index contributed by atoms with van der Waals surface area (Å²) in [6.07, 6.45) is 0. The zero-order chi connectivity index (χ0) is 15.2. The van der Waals surface area contributed by atoms with Crippen molar-refractivity contribution in [2.75, 3.05) is 13.2 Å². The Labute approximate surface area is 148 Å². The average Bonchev–Trinajstić information content (AvgIpc) is 2.48. The first kappa shape index (κ1) is 16.8. The average molecular weight is 460 g/mol. The first-order valence-electron chi connectivity index (χ1n) is 7.06. The van der Waals surface area contributed by atoms with Gasteiger partial charge in [0.1, 0.15) is 5.75 Å². The summed E-state index contributed by atoms with van der Waals surface area (Å²) in [5.41, 5.74) is 2.46. The molecule has 2 aromatic rings. The lowest BCUT2D eigenvalue weighted by Crippen LogP contribution is -2.22. The molecule has 0 spiro atoms. The highest BCUT2D eigenvalue weighted by Gasteiger charge is 2.16. The molecule has 1 atom stereocenters. The third-order valence-electron chi connectivity index (χ3n) is 3.18. The Hall–Kier alpha value is -0.590. The molecule has 2 rings (SSSR count). The molecule has 0 saturated heterocycles. The Morgan fingerprint density at radius 1 is 1.19 bits per heavy atom. The molecular formula is C17H19BrINO. The molecule has 0 fully saturated rings. The van der Waals surface area contributed by atoms with Gasteiger partial charge < -0.3 is 10.1 Å². The minimum atomic E-state index is 0.152. The van der Waals surface area contributed by atoms with Crippen LogP contribution in [0, 0.1) is 3.57 Å². The zero-order valence-corrected chi connectivity index (χ0v) is 15.9. The topological polar surface area (TPSA) is 21.3 Å². The van der Waals surface area contributed by atoms with Crippen LogP contribution in [-0.2, 0) is 0 Å². The molecule has 0 radical (unpaired) electrons. The second-order valence-electron chi connectivity index (χ2n) is 4.66. The van der Waals surface area contributed by atoms with E-state index >= 15 is 0 Å². The molecule has 21 heavy (non-hydrogen) atoms. The van der Waals surface area contributed by atoms with Crippen molar-refractivity contribution in [1.29, 1.82) is 0 Å². The lowest BCUT2D eigenvalue weighted by molar-refractivity contribution is 0.339. The number of benzene rings is 2. The van der Waals surface area contributed by atoms with Crippen LogP contribution >= 0.6 is 38.5 Å². The number of ether oxygens (including phenoxy) is 1. The predicted molar refractivity (Wildman–Crippen MR) is 100.0 cm³/mol. The van der Waals surface area contributed by atoms with Crippen molar-refractivity contribution in [3.8, 4) is 5.75 Å². The lowest BCUT2D eigenvalue weighted by Gasteiger charge is -2.21. The third kappa shape index (κ3) is 4.44. The standard InChI is InChI=1S/C17H19BrINO/c1-3-20-17(15-11-13(19)8-9-16(15)18)12-6-5-7-14(10-12)21-4-2/h5-11,17,20H,3-4H2,1-2H3. The van der Waals surface area contributed by atoms with Gasteiger partial charge in [0.05, 0.1) is 12.6 Å². The smallest absolute Gasteiger partial charge is 0.119 e. The first-order valence-corrected chi connectivity index (χ1v) is 8.94.